The summed E-state index contributed by atoms with van der Waals surface area (Å²) in [7, 11) is 0. The molecule has 0 N–H and O–H groups in total. The van der Waals surface area contributed by atoms with Crippen LogP contribution in [0.15, 0.2) is 52.5 Å². The van der Waals surface area contributed by atoms with Gasteiger partial charge in [0.2, 0.25) is 0 Å². The molecule has 1 saturated heterocycles. The predicted molar refractivity (Wildman–Crippen MR) is 110 cm³/mol. The summed E-state index contributed by atoms with van der Waals surface area (Å²) in [6, 6.07) is 11.6. The quantitative estimate of drug-likeness (QED) is 0.470. The Morgan fingerprint density at radius 3 is 2.93 bits per heavy atom. The Labute approximate surface area is 169 Å². The van der Waals surface area contributed by atoms with Gasteiger partial charge in [0.1, 0.15) is 5.69 Å². The number of carbonyl (C=O) groups is 1. The van der Waals surface area contributed by atoms with E-state index in [2.05, 4.69) is 9.97 Å². The first-order valence-corrected chi connectivity index (χ1v) is 10.8. The van der Waals surface area contributed by atoms with Crippen LogP contribution in [0.4, 0.5) is 5.13 Å². The lowest BCUT2D eigenvalue weighted by Crippen LogP contribution is -2.37. The van der Waals surface area contributed by atoms with Gasteiger partial charge in [0.05, 0.1) is 29.1 Å². The minimum absolute atomic E-state index is 0.0270. The zero-order valence-corrected chi connectivity index (χ0v) is 16.5. The highest BCUT2D eigenvalue weighted by atomic mass is 32.1. The number of ether oxygens (including phenoxy) is 1. The topological polar surface area (TPSA) is 68.5 Å². The van der Waals surface area contributed by atoms with E-state index in [0.717, 1.165) is 29.7 Å². The molecule has 1 aliphatic rings. The Kier molecular flexibility index (Phi) is 4.67. The van der Waals surface area contributed by atoms with Crippen molar-refractivity contribution in [3.05, 3.63) is 53.7 Å². The summed E-state index contributed by atoms with van der Waals surface area (Å²) < 4.78 is 12.2. The molecule has 6 nitrogen and oxygen atoms in total. The second-order valence-corrected chi connectivity index (χ2v) is 8.40. The van der Waals surface area contributed by atoms with Gasteiger partial charge in [0.15, 0.2) is 15.9 Å². The predicted octanol–water partition coefficient (Wildman–Crippen LogP) is 4.84. The molecule has 0 spiro atoms. The molecule has 1 amide bonds. The number of benzene rings is 1. The normalized spacial score (nSPS) is 16.6. The third-order valence-corrected chi connectivity index (χ3v) is 6.54. The van der Waals surface area contributed by atoms with Crippen molar-refractivity contribution in [2.24, 2.45) is 0 Å². The highest BCUT2D eigenvalue weighted by Crippen LogP contribution is 2.32. The summed E-state index contributed by atoms with van der Waals surface area (Å²) in [6.45, 7) is 1.22. The molecule has 1 aromatic carbocycles. The maximum absolute atomic E-state index is 13.3. The number of furan rings is 1. The van der Waals surface area contributed by atoms with E-state index in [4.69, 9.17) is 9.15 Å². The zero-order chi connectivity index (χ0) is 18.9. The number of amides is 1. The number of carbonyl (C=O) groups excluding carboxylic acids is 1. The maximum Gasteiger partial charge on any atom is 0.279 e. The summed E-state index contributed by atoms with van der Waals surface area (Å²) >= 11 is 2.91. The molecular formula is C20H17N3O3S2. The van der Waals surface area contributed by atoms with Crippen molar-refractivity contribution >= 4 is 43.9 Å². The molecule has 1 fully saturated rings. The molecule has 5 rings (SSSR count). The molecule has 8 heteroatoms. The molecule has 142 valence electrons. The molecule has 1 atom stereocenters. The molecule has 0 radical (unpaired) electrons. The minimum atomic E-state index is -0.163. The fraction of sp³-hybridized carbons (Fsp3) is 0.250. The summed E-state index contributed by atoms with van der Waals surface area (Å²) in [5.74, 6) is 0.498. The fourth-order valence-corrected chi connectivity index (χ4v) is 4.97. The summed E-state index contributed by atoms with van der Waals surface area (Å²) in [5, 5.41) is 3.14. The van der Waals surface area contributed by atoms with Crippen LogP contribution >= 0.6 is 22.7 Å². The lowest BCUT2D eigenvalue weighted by Gasteiger charge is -2.22. The Bertz CT molecular complexity index is 1060. The summed E-state index contributed by atoms with van der Waals surface area (Å²) in [4.78, 5) is 24.2. The second kappa shape index (κ2) is 7.46. The number of anilines is 1. The smallest absolute Gasteiger partial charge is 0.279 e. The van der Waals surface area contributed by atoms with Crippen LogP contribution < -0.4 is 4.90 Å². The van der Waals surface area contributed by atoms with Gasteiger partial charge >= 0.3 is 0 Å². The summed E-state index contributed by atoms with van der Waals surface area (Å²) in [5.41, 5.74) is 1.29. The van der Waals surface area contributed by atoms with E-state index >= 15 is 0 Å². The molecule has 1 aliphatic heterocycles. The van der Waals surface area contributed by atoms with Crippen LogP contribution in [0.3, 0.4) is 0 Å². The Morgan fingerprint density at radius 2 is 2.14 bits per heavy atom. The van der Waals surface area contributed by atoms with Crippen LogP contribution in [-0.2, 0) is 4.74 Å². The van der Waals surface area contributed by atoms with E-state index < -0.39 is 0 Å². The van der Waals surface area contributed by atoms with Crippen LogP contribution in [0.2, 0.25) is 0 Å². The van der Waals surface area contributed by atoms with E-state index in [0.29, 0.717) is 28.1 Å². The molecule has 3 aromatic heterocycles. The van der Waals surface area contributed by atoms with Crippen molar-refractivity contribution in [3.63, 3.8) is 0 Å². The van der Waals surface area contributed by atoms with Gasteiger partial charge in [0, 0.05) is 12.0 Å². The minimum Gasteiger partial charge on any atom is -0.462 e. The Hall–Kier alpha value is -2.55. The number of nitrogens with zero attached hydrogens (tertiary/aromatic N) is 3. The van der Waals surface area contributed by atoms with E-state index in [1.807, 2.05) is 36.4 Å². The zero-order valence-electron chi connectivity index (χ0n) is 14.9. The largest absolute Gasteiger partial charge is 0.462 e. The summed E-state index contributed by atoms with van der Waals surface area (Å²) in [6.07, 6.45) is 3.59. The molecule has 28 heavy (non-hydrogen) atoms. The molecule has 0 saturated carbocycles. The standard InChI is InChI=1S/C20H17N3O3S2/c24-19(15-12-27-18(21-15)16-7-4-10-26-16)23(11-13-5-3-9-25-13)20-22-14-6-1-2-8-17(14)28-20/h1-2,4,6-8,10,12-13H,3,5,9,11H2. The van der Waals surface area contributed by atoms with Crippen molar-refractivity contribution in [1.82, 2.24) is 9.97 Å². The van der Waals surface area contributed by atoms with E-state index in [1.54, 1.807) is 16.5 Å². The highest BCUT2D eigenvalue weighted by molar-refractivity contribution is 7.22. The number of aromatic nitrogens is 2. The molecule has 1 unspecified atom stereocenters. The maximum atomic E-state index is 13.3. The SMILES string of the molecule is O=C(c1csc(-c2ccco2)n1)N(CC1CCCO1)c1nc2ccccc2s1. The third-order valence-electron chi connectivity index (χ3n) is 4.62. The van der Waals surface area contributed by atoms with Gasteiger partial charge in [-0.3, -0.25) is 9.69 Å². The number of hydrogen-bond acceptors (Lipinski definition) is 7. The Morgan fingerprint density at radius 1 is 1.21 bits per heavy atom. The van der Waals surface area contributed by atoms with Gasteiger partial charge in [-0.25, -0.2) is 9.97 Å². The van der Waals surface area contributed by atoms with E-state index in [-0.39, 0.29) is 12.0 Å². The molecular weight excluding hydrogens is 394 g/mol. The van der Waals surface area contributed by atoms with Crippen molar-refractivity contribution in [2.75, 3.05) is 18.1 Å². The van der Waals surface area contributed by atoms with Crippen molar-refractivity contribution in [1.29, 1.82) is 0 Å². The van der Waals surface area contributed by atoms with Gasteiger partial charge in [-0.05, 0) is 37.1 Å². The van der Waals surface area contributed by atoms with Crippen LogP contribution in [0, 0.1) is 0 Å². The van der Waals surface area contributed by atoms with Gasteiger partial charge in [0.25, 0.3) is 5.91 Å². The van der Waals surface area contributed by atoms with Crippen LogP contribution in [-0.4, -0.2) is 35.1 Å². The van der Waals surface area contributed by atoms with Crippen molar-refractivity contribution in [3.8, 4) is 10.8 Å². The molecule has 0 aliphatic carbocycles. The first kappa shape index (κ1) is 17.5. The van der Waals surface area contributed by atoms with Crippen molar-refractivity contribution < 1.29 is 13.9 Å². The van der Waals surface area contributed by atoms with Gasteiger partial charge in [-0.1, -0.05) is 23.5 Å². The van der Waals surface area contributed by atoms with Crippen LogP contribution in [0.25, 0.3) is 21.0 Å². The van der Waals surface area contributed by atoms with Crippen LogP contribution in [0.1, 0.15) is 23.3 Å². The molecule has 0 bridgehead atoms. The van der Waals surface area contributed by atoms with E-state index in [1.165, 1.54) is 22.7 Å². The van der Waals surface area contributed by atoms with Crippen LogP contribution in [0.5, 0.6) is 0 Å². The number of para-hydroxylation sites is 1. The monoisotopic (exact) mass is 411 g/mol. The number of rotatable bonds is 5. The third kappa shape index (κ3) is 3.34. The number of hydrogen-bond donors (Lipinski definition) is 0. The lowest BCUT2D eigenvalue weighted by molar-refractivity contribution is 0.0914. The van der Waals surface area contributed by atoms with E-state index in [9.17, 15) is 4.79 Å². The number of thiazole rings is 2. The second-order valence-electron chi connectivity index (χ2n) is 6.53. The Balaban J connectivity index is 1.49. The van der Waals surface area contributed by atoms with Gasteiger partial charge in [-0.2, -0.15) is 0 Å². The average molecular weight is 412 g/mol. The first-order chi connectivity index (χ1) is 13.8. The fourth-order valence-electron chi connectivity index (χ4n) is 3.24. The highest BCUT2D eigenvalue weighted by Gasteiger charge is 2.28. The van der Waals surface area contributed by atoms with Gasteiger partial charge < -0.3 is 9.15 Å². The van der Waals surface area contributed by atoms with Crippen molar-refractivity contribution in [2.45, 2.75) is 18.9 Å². The molecule has 4 aromatic rings. The van der Waals surface area contributed by atoms with Gasteiger partial charge in [-0.15, -0.1) is 11.3 Å². The lowest BCUT2D eigenvalue weighted by atomic mass is 10.2. The molecule has 4 heterocycles. The average Bonchev–Trinajstić information content (AvgIpc) is 3.51. The number of fused-ring (bicyclic) bond motifs is 1. The first-order valence-electron chi connectivity index (χ1n) is 9.06.